The number of anilines is 1. The molecule has 1 amide bonds. The van der Waals surface area contributed by atoms with Crippen LogP contribution in [0.5, 0.6) is 0 Å². The van der Waals surface area contributed by atoms with Crippen LogP contribution in [0, 0.1) is 13.8 Å². The van der Waals surface area contributed by atoms with Crippen molar-refractivity contribution >= 4 is 40.7 Å². The molecular formula is C15H15NO3S2. The lowest BCUT2D eigenvalue weighted by atomic mass is 10.1. The summed E-state index contributed by atoms with van der Waals surface area (Å²) < 4.78 is 0. The van der Waals surface area contributed by atoms with E-state index in [9.17, 15) is 9.59 Å². The third-order valence-corrected chi connectivity index (χ3v) is 4.91. The van der Waals surface area contributed by atoms with Crippen molar-refractivity contribution in [2.45, 2.75) is 18.7 Å². The molecule has 0 saturated carbocycles. The molecule has 0 radical (unpaired) electrons. The fourth-order valence-electron chi connectivity index (χ4n) is 1.91. The Bertz CT molecular complexity index is 707. The van der Waals surface area contributed by atoms with Gasteiger partial charge in [-0.25, -0.2) is 4.79 Å². The van der Waals surface area contributed by atoms with Gasteiger partial charge in [-0.05, 0) is 48.7 Å². The average Bonchev–Trinajstić information content (AvgIpc) is 2.81. The number of thiophene rings is 1. The van der Waals surface area contributed by atoms with Crippen molar-refractivity contribution in [1.82, 2.24) is 0 Å². The molecule has 4 nitrogen and oxygen atoms in total. The van der Waals surface area contributed by atoms with E-state index in [4.69, 9.17) is 5.11 Å². The quantitative estimate of drug-likeness (QED) is 0.834. The largest absolute Gasteiger partial charge is 0.477 e. The van der Waals surface area contributed by atoms with Gasteiger partial charge < -0.3 is 10.4 Å². The molecule has 1 aromatic carbocycles. The number of nitrogens with one attached hydrogen (secondary N) is 1. The molecule has 2 N–H and O–H groups in total. The predicted molar refractivity (Wildman–Crippen MR) is 86.9 cm³/mol. The zero-order valence-electron chi connectivity index (χ0n) is 11.9. The van der Waals surface area contributed by atoms with E-state index < -0.39 is 5.97 Å². The van der Waals surface area contributed by atoms with Crippen LogP contribution >= 0.6 is 23.1 Å². The Balaban J connectivity index is 2.35. The van der Waals surface area contributed by atoms with Crippen molar-refractivity contribution < 1.29 is 14.7 Å². The van der Waals surface area contributed by atoms with Crippen molar-refractivity contribution in [3.05, 3.63) is 45.1 Å². The molecule has 0 spiro atoms. The summed E-state index contributed by atoms with van der Waals surface area (Å²) in [5, 5.41) is 13.6. The van der Waals surface area contributed by atoms with Crippen LogP contribution in [0.2, 0.25) is 0 Å². The molecule has 1 heterocycles. The van der Waals surface area contributed by atoms with Crippen molar-refractivity contribution in [3.63, 3.8) is 0 Å². The third kappa shape index (κ3) is 3.28. The normalized spacial score (nSPS) is 10.4. The van der Waals surface area contributed by atoms with Gasteiger partial charge in [-0.15, -0.1) is 23.1 Å². The molecule has 0 aliphatic rings. The van der Waals surface area contributed by atoms with E-state index in [0.29, 0.717) is 11.3 Å². The van der Waals surface area contributed by atoms with Crippen LogP contribution in [0.15, 0.2) is 28.5 Å². The van der Waals surface area contributed by atoms with E-state index in [1.807, 2.05) is 31.4 Å². The van der Waals surface area contributed by atoms with Crippen LogP contribution in [0.4, 0.5) is 5.69 Å². The summed E-state index contributed by atoms with van der Waals surface area (Å²) in [6, 6.07) is 5.66. The Morgan fingerprint density at radius 2 is 1.95 bits per heavy atom. The zero-order valence-corrected chi connectivity index (χ0v) is 13.5. The van der Waals surface area contributed by atoms with Crippen molar-refractivity contribution in [2.24, 2.45) is 0 Å². The highest BCUT2D eigenvalue weighted by molar-refractivity contribution is 7.98. The first-order valence-electron chi connectivity index (χ1n) is 6.21. The number of aromatic carboxylic acids is 1. The van der Waals surface area contributed by atoms with Gasteiger partial charge >= 0.3 is 5.97 Å². The molecule has 2 rings (SSSR count). The van der Waals surface area contributed by atoms with Gasteiger partial charge in [-0.2, -0.15) is 0 Å². The van der Waals surface area contributed by atoms with E-state index in [2.05, 4.69) is 5.32 Å². The van der Waals surface area contributed by atoms with E-state index in [1.54, 1.807) is 24.1 Å². The number of carbonyl (C=O) groups is 2. The molecule has 21 heavy (non-hydrogen) atoms. The summed E-state index contributed by atoms with van der Waals surface area (Å²) in [5.41, 5.74) is 2.55. The molecular weight excluding hydrogens is 306 g/mol. The lowest BCUT2D eigenvalue weighted by Gasteiger charge is -2.10. The maximum Gasteiger partial charge on any atom is 0.348 e. The number of rotatable bonds is 4. The van der Waals surface area contributed by atoms with Crippen molar-refractivity contribution in [3.8, 4) is 0 Å². The van der Waals surface area contributed by atoms with Gasteiger partial charge in [0.15, 0.2) is 0 Å². The third-order valence-electron chi connectivity index (χ3n) is 3.10. The van der Waals surface area contributed by atoms with Crippen LogP contribution in [0.1, 0.15) is 31.2 Å². The van der Waals surface area contributed by atoms with Gasteiger partial charge in [0.25, 0.3) is 5.91 Å². The first-order valence-corrected chi connectivity index (χ1v) is 8.32. The summed E-state index contributed by atoms with van der Waals surface area (Å²) in [7, 11) is 0. The highest BCUT2D eigenvalue weighted by Crippen LogP contribution is 2.28. The number of hydrogen-bond acceptors (Lipinski definition) is 4. The average molecular weight is 321 g/mol. The highest BCUT2D eigenvalue weighted by Gasteiger charge is 2.19. The van der Waals surface area contributed by atoms with Gasteiger partial charge in [0, 0.05) is 10.5 Å². The first-order chi connectivity index (χ1) is 9.93. The van der Waals surface area contributed by atoms with Gasteiger partial charge in [-0.3, -0.25) is 4.79 Å². The van der Waals surface area contributed by atoms with E-state index >= 15 is 0 Å². The Hall–Kier alpha value is -1.79. The number of carbonyl (C=O) groups excluding carboxylic acids is 1. The van der Waals surface area contributed by atoms with E-state index in [0.717, 1.165) is 27.4 Å². The van der Waals surface area contributed by atoms with Gasteiger partial charge in [0.1, 0.15) is 4.88 Å². The van der Waals surface area contributed by atoms with Crippen LogP contribution < -0.4 is 5.32 Å². The second kappa shape index (κ2) is 6.32. The Kier molecular flexibility index (Phi) is 4.69. The molecule has 6 heteroatoms. The monoisotopic (exact) mass is 321 g/mol. The summed E-state index contributed by atoms with van der Waals surface area (Å²) in [6.45, 7) is 3.64. The minimum absolute atomic E-state index is 0.152. The summed E-state index contributed by atoms with van der Waals surface area (Å²) >= 11 is 2.67. The fraction of sp³-hybridized carbons (Fsp3) is 0.200. The van der Waals surface area contributed by atoms with E-state index in [1.165, 1.54) is 0 Å². The Morgan fingerprint density at radius 3 is 2.57 bits per heavy atom. The van der Waals surface area contributed by atoms with Crippen LogP contribution in [-0.4, -0.2) is 23.2 Å². The molecule has 0 aliphatic heterocycles. The molecule has 2 aromatic rings. The maximum absolute atomic E-state index is 12.4. The van der Waals surface area contributed by atoms with Gasteiger partial charge in [-0.1, -0.05) is 6.07 Å². The minimum atomic E-state index is -1.03. The highest BCUT2D eigenvalue weighted by atomic mass is 32.2. The number of amides is 1. The Labute approximate surface area is 131 Å². The van der Waals surface area contributed by atoms with Crippen molar-refractivity contribution in [1.29, 1.82) is 0 Å². The molecule has 1 aromatic heterocycles. The molecule has 0 unspecified atom stereocenters. The lowest BCUT2D eigenvalue weighted by molar-refractivity contribution is 0.0703. The second-order valence-electron chi connectivity index (χ2n) is 4.56. The lowest BCUT2D eigenvalue weighted by Crippen LogP contribution is -2.15. The van der Waals surface area contributed by atoms with Gasteiger partial charge in [0.05, 0.1) is 5.69 Å². The summed E-state index contributed by atoms with van der Waals surface area (Å²) in [6.07, 6.45) is 1.94. The molecule has 0 fully saturated rings. The number of benzene rings is 1. The molecule has 110 valence electrons. The summed E-state index contributed by atoms with van der Waals surface area (Å²) in [4.78, 5) is 24.7. The number of carboxylic acids is 1. The van der Waals surface area contributed by atoms with Crippen LogP contribution in [0.3, 0.4) is 0 Å². The minimum Gasteiger partial charge on any atom is -0.477 e. The zero-order chi connectivity index (χ0) is 15.6. The summed E-state index contributed by atoms with van der Waals surface area (Å²) in [5.74, 6) is -1.31. The number of aryl methyl sites for hydroxylation is 2. The predicted octanol–water partition coefficient (Wildman–Crippen LogP) is 4.04. The standard InChI is InChI=1S/C15H15NO3S2/c1-8-4-5-10(20-3)6-11(8)14(17)16-12-9(2)7-21-13(12)15(18)19/h4-7H,1-3H3,(H,16,17)(H,18,19). The van der Waals surface area contributed by atoms with Crippen LogP contribution in [0.25, 0.3) is 0 Å². The molecule has 0 saturated heterocycles. The van der Waals surface area contributed by atoms with Crippen molar-refractivity contribution in [2.75, 3.05) is 11.6 Å². The number of carboxylic acid groups (broad SMARTS) is 1. The SMILES string of the molecule is CSc1ccc(C)c(C(=O)Nc2c(C)csc2C(=O)O)c1. The van der Waals surface area contributed by atoms with E-state index in [-0.39, 0.29) is 10.8 Å². The molecule has 0 bridgehead atoms. The number of thioether (sulfide) groups is 1. The first kappa shape index (κ1) is 15.6. The second-order valence-corrected chi connectivity index (χ2v) is 6.32. The number of hydrogen-bond donors (Lipinski definition) is 2. The molecule has 0 atom stereocenters. The fourth-order valence-corrected chi connectivity index (χ4v) is 3.19. The molecule has 0 aliphatic carbocycles. The smallest absolute Gasteiger partial charge is 0.348 e. The van der Waals surface area contributed by atoms with Crippen LogP contribution in [-0.2, 0) is 0 Å². The topological polar surface area (TPSA) is 66.4 Å². The maximum atomic E-state index is 12.4. The Morgan fingerprint density at radius 1 is 1.24 bits per heavy atom. The van der Waals surface area contributed by atoms with Gasteiger partial charge in [0.2, 0.25) is 0 Å².